The van der Waals surface area contributed by atoms with Crippen molar-refractivity contribution in [2.45, 2.75) is 31.1 Å². The third kappa shape index (κ3) is 2.46. The monoisotopic (exact) mass is 280 g/mol. The minimum atomic E-state index is -0.276. The zero-order chi connectivity index (χ0) is 14.7. The number of ether oxygens (including phenoxy) is 1. The Morgan fingerprint density at radius 1 is 1.05 bits per heavy atom. The molecule has 21 heavy (non-hydrogen) atoms. The molecule has 0 aliphatic heterocycles. The second-order valence-electron chi connectivity index (χ2n) is 5.71. The Bertz CT molecular complexity index is 627. The van der Waals surface area contributed by atoms with E-state index in [0.717, 1.165) is 36.1 Å². The molecule has 0 saturated heterocycles. The second kappa shape index (κ2) is 5.72. The van der Waals surface area contributed by atoms with Crippen LogP contribution in [0.1, 0.15) is 30.4 Å². The number of benzene rings is 2. The van der Waals surface area contributed by atoms with Crippen LogP contribution in [0.15, 0.2) is 54.6 Å². The average Bonchev–Trinajstić information content (AvgIpc) is 2.48. The quantitative estimate of drug-likeness (QED) is 0.829. The number of carbonyl (C=O) groups is 1. The molecule has 0 bridgehead atoms. The van der Waals surface area contributed by atoms with Crippen LogP contribution in [-0.4, -0.2) is 12.9 Å². The molecule has 0 aromatic heterocycles. The molecular formula is C19H20O2. The lowest BCUT2D eigenvalue weighted by Crippen LogP contribution is -2.43. The van der Waals surface area contributed by atoms with E-state index in [1.165, 1.54) is 0 Å². The largest absolute Gasteiger partial charge is 0.496 e. The molecule has 0 atom stereocenters. The predicted molar refractivity (Wildman–Crippen MR) is 83.7 cm³/mol. The van der Waals surface area contributed by atoms with Crippen molar-refractivity contribution in [1.82, 2.24) is 0 Å². The molecule has 0 spiro atoms. The summed E-state index contributed by atoms with van der Waals surface area (Å²) >= 11 is 0. The van der Waals surface area contributed by atoms with E-state index in [0.29, 0.717) is 12.2 Å². The van der Waals surface area contributed by atoms with Crippen LogP contribution < -0.4 is 4.74 Å². The predicted octanol–water partition coefficient (Wildman–Crippen LogP) is 3.93. The third-order valence-electron chi connectivity index (χ3n) is 4.61. The molecular weight excluding hydrogens is 260 g/mol. The summed E-state index contributed by atoms with van der Waals surface area (Å²) in [4.78, 5) is 12.9. The van der Waals surface area contributed by atoms with Crippen molar-refractivity contribution >= 4 is 5.78 Å². The Hall–Kier alpha value is -2.09. The maximum atomic E-state index is 12.9. The minimum absolute atomic E-state index is 0.276. The van der Waals surface area contributed by atoms with E-state index in [-0.39, 0.29) is 5.41 Å². The highest BCUT2D eigenvalue weighted by Crippen LogP contribution is 2.45. The maximum Gasteiger partial charge on any atom is 0.147 e. The summed E-state index contributed by atoms with van der Waals surface area (Å²) in [7, 11) is 1.65. The van der Waals surface area contributed by atoms with Crippen LogP contribution in [0.3, 0.4) is 0 Å². The first-order valence-corrected chi connectivity index (χ1v) is 7.47. The number of para-hydroxylation sites is 1. The fourth-order valence-electron chi connectivity index (χ4n) is 3.21. The molecule has 1 aliphatic rings. The molecule has 1 fully saturated rings. The van der Waals surface area contributed by atoms with E-state index in [9.17, 15) is 4.79 Å². The fourth-order valence-corrected chi connectivity index (χ4v) is 3.21. The number of hydrogen-bond acceptors (Lipinski definition) is 2. The van der Waals surface area contributed by atoms with Crippen molar-refractivity contribution in [3.05, 3.63) is 65.7 Å². The zero-order valence-electron chi connectivity index (χ0n) is 12.3. The van der Waals surface area contributed by atoms with Crippen LogP contribution in [0.2, 0.25) is 0 Å². The molecule has 0 N–H and O–H groups in total. The standard InChI is InChI=1S/C19H20O2/c1-21-17-11-6-5-8-15(17)14-18(20)19(12-7-13-19)16-9-3-2-4-10-16/h2-6,8-11H,7,12-14H2,1H3. The minimum Gasteiger partial charge on any atom is -0.496 e. The summed E-state index contributed by atoms with van der Waals surface area (Å²) in [5.74, 6) is 1.11. The van der Waals surface area contributed by atoms with Crippen molar-refractivity contribution in [1.29, 1.82) is 0 Å². The van der Waals surface area contributed by atoms with Gasteiger partial charge >= 0.3 is 0 Å². The molecule has 2 nitrogen and oxygen atoms in total. The number of hydrogen-bond donors (Lipinski definition) is 0. The highest BCUT2D eigenvalue weighted by Gasteiger charge is 2.44. The van der Waals surface area contributed by atoms with E-state index >= 15 is 0 Å². The highest BCUT2D eigenvalue weighted by molar-refractivity contribution is 5.93. The van der Waals surface area contributed by atoms with Gasteiger partial charge in [0.1, 0.15) is 11.5 Å². The Morgan fingerprint density at radius 3 is 2.33 bits per heavy atom. The summed E-state index contributed by atoms with van der Waals surface area (Å²) < 4.78 is 5.36. The number of Topliss-reactive ketones (excluding diaryl/α,β-unsaturated/α-hetero) is 1. The van der Waals surface area contributed by atoms with E-state index in [4.69, 9.17) is 4.74 Å². The van der Waals surface area contributed by atoms with Gasteiger partial charge in [-0.25, -0.2) is 0 Å². The Balaban J connectivity index is 1.87. The van der Waals surface area contributed by atoms with Crippen LogP contribution in [-0.2, 0) is 16.6 Å². The number of methoxy groups -OCH3 is 1. The van der Waals surface area contributed by atoms with Gasteiger partial charge in [0.25, 0.3) is 0 Å². The molecule has 108 valence electrons. The Labute approximate surface area is 125 Å². The Morgan fingerprint density at radius 2 is 1.71 bits per heavy atom. The Kier molecular flexibility index (Phi) is 3.78. The number of carbonyl (C=O) groups excluding carboxylic acids is 1. The summed E-state index contributed by atoms with van der Waals surface area (Å²) in [6, 6.07) is 18.0. The van der Waals surface area contributed by atoms with Crippen molar-refractivity contribution in [3.8, 4) is 5.75 Å². The van der Waals surface area contributed by atoms with Crippen LogP contribution in [0, 0.1) is 0 Å². The molecule has 1 aliphatic carbocycles. The molecule has 2 aromatic carbocycles. The first-order chi connectivity index (χ1) is 10.3. The van der Waals surface area contributed by atoms with Gasteiger partial charge in [0.15, 0.2) is 0 Å². The lowest BCUT2D eigenvalue weighted by atomic mass is 9.61. The smallest absolute Gasteiger partial charge is 0.147 e. The van der Waals surface area contributed by atoms with Gasteiger partial charge in [-0.3, -0.25) is 4.79 Å². The summed E-state index contributed by atoms with van der Waals surface area (Å²) in [5.41, 5.74) is 1.87. The van der Waals surface area contributed by atoms with Gasteiger partial charge in [0, 0.05) is 12.0 Å². The lowest BCUT2D eigenvalue weighted by Gasteiger charge is -2.41. The topological polar surface area (TPSA) is 26.3 Å². The van der Waals surface area contributed by atoms with Crippen molar-refractivity contribution in [3.63, 3.8) is 0 Å². The molecule has 3 rings (SSSR count). The summed E-state index contributed by atoms with van der Waals surface area (Å²) in [5, 5.41) is 0. The summed E-state index contributed by atoms with van der Waals surface area (Å²) in [6.45, 7) is 0. The number of ketones is 1. The highest BCUT2D eigenvalue weighted by atomic mass is 16.5. The summed E-state index contributed by atoms with van der Waals surface area (Å²) in [6.07, 6.45) is 3.50. The lowest BCUT2D eigenvalue weighted by molar-refractivity contribution is -0.127. The second-order valence-corrected chi connectivity index (χ2v) is 5.71. The maximum absolute atomic E-state index is 12.9. The zero-order valence-corrected chi connectivity index (χ0v) is 12.3. The molecule has 0 radical (unpaired) electrons. The molecule has 1 saturated carbocycles. The van der Waals surface area contributed by atoms with Crippen molar-refractivity contribution < 1.29 is 9.53 Å². The van der Waals surface area contributed by atoms with E-state index < -0.39 is 0 Å². The SMILES string of the molecule is COc1ccccc1CC(=O)C1(c2ccccc2)CCC1. The van der Waals surface area contributed by atoms with Gasteiger partial charge in [-0.1, -0.05) is 55.0 Å². The molecule has 0 amide bonds. The first-order valence-electron chi connectivity index (χ1n) is 7.47. The molecule has 2 aromatic rings. The van der Waals surface area contributed by atoms with E-state index in [1.54, 1.807) is 7.11 Å². The van der Waals surface area contributed by atoms with Gasteiger partial charge < -0.3 is 4.74 Å². The van der Waals surface area contributed by atoms with Crippen LogP contribution in [0.5, 0.6) is 5.75 Å². The first kappa shape index (κ1) is 13.9. The third-order valence-corrected chi connectivity index (χ3v) is 4.61. The molecule has 0 heterocycles. The average molecular weight is 280 g/mol. The van der Waals surface area contributed by atoms with Gasteiger partial charge in [0.2, 0.25) is 0 Å². The fraction of sp³-hybridized carbons (Fsp3) is 0.316. The van der Waals surface area contributed by atoms with Crippen LogP contribution >= 0.6 is 0 Å². The van der Waals surface area contributed by atoms with Gasteiger partial charge in [-0.05, 0) is 24.5 Å². The van der Waals surface area contributed by atoms with Gasteiger partial charge in [0.05, 0.1) is 12.5 Å². The van der Waals surface area contributed by atoms with Crippen molar-refractivity contribution in [2.75, 3.05) is 7.11 Å². The van der Waals surface area contributed by atoms with Gasteiger partial charge in [-0.2, -0.15) is 0 Å². The number of rotatable bonds is 5. The van der Waals surface area contributed by atoms with Crippen molar-refractivity contribution in [2.24, 2.45) is 0 Å². The molecule has 0 unspecified atom stereocenters. The van der Waals surface area contributed by atoms with Crippen LogP contribution in [0.25, 0.3) is 0 Å². The van der Waals surface area contributed by atoms with E-state index in [1.807, 2.05) is 42.5 Å². The van der Waals surface area contributed by atoms with Gasteiger partial charge in [-0.15, -0.1) is 0 Å². The molecule has 2 heteroatoms. The van der Waals surface area contributed by atoms with Crippen LogP contribution in [0.4, 0.5) is 0 Å². The van der Waals surface area contributed by atoms with E-state index in [2.05, 4.69) is 12.1 Å². The normalized spacial score (nSPS) is 16.0.